The van der Waals surface area contributed by atoms with Crippen molar-refractivity contribution in [3.8, 4) is 0 Å². The van der Waals surface area contributed by atoms with Crippen LogP contribution in [0.4, 0.5) is 0 Å². The van der Waals surface area contributed by atoms with Gasteiger partial charge in [0, 0.05) is 6.61 Å². The van der Waals surface area contributed by atoms with Crippen molar-refractivity contribution in [1.29, 1.82) is 0 Å². The van der Waals surface area contributed by atoms with Crippen molar-refractivity contribution < 1.29 is 19.4 Å². The number of carbonyl (C=O) groups is 1. The number of carboxylic acids is 1. The van der Waals surface area contributed by atoms with Crippen LogP contribution in [0.15, 0.2) is 10.5 Å². The Kier molecular flexibility index (Phi) is 6.46. The van der Waals surface area contributed by atoms with Crippen molar-refractivity contribution in [3.05, 3.63) is 23.2 Å². The van der Waals surface area contributed by atoms with Crippen molar-refractivity contribution in [2.24, 2.45) is 0 Å². The predicted molar refractivity (Wildman–Crippen MR) is 67.7 cm³/mol. The fourth-order valence-corrected chi connectivity index (χ4v) is 1.77. The molecule has 0 atom stereocenters. The highest BCUT2D eigenvalue weighted by molar-refractivity contribution is 5.88. The van der Waals surface area contributed by atoms with Gasteiger partial charge in [-0.25, -0.2) is 4.79 Å². The van der Waals surface area contributed by atoms with Gasteiger partial charge < -0.3 is 19.9 Å². The SMILES string of the molecule is Cc1oc(CNCCCCCCO)cc1C(=O)O. The fourth-order valence-electron chi connectivity index (χ4n) is 1.77. The third-order valence-electron chi connectivity index (χ3n) is 2.76. The van der Waals surface area contributed by atoms with Crippen molar-refractivity contribution in [3.63, 3.8) is 0 Å². The summed E-state index contributed by atoms with van der Waals surface area (Å²) in [6.07, 6.45) is 4.04. The number of aliphatic hydroxyl groups is 1. The molecule has 1 rings (SSSR count). The molecule has 0 saturated carbocycles. The number of aromatic carboxylic acids is 1. The van der Waals surface area contributed by atoms with E-state index >= 15 is 0 Å². The number of hydrogen-bond donors (Lipinski definition) is 3. The molecule has 1 aromatic rings. The minimum atomic E-state index is -0.952. The Morgan fingerprint density at radius 3 is 2.67 bits per heavy atom. The van der Waals surface area contributed by atoms with E-state index in [9.17, 15) is 4.79 Å². The van der Waals surface area contributed by atoms with Crippen molar-refractivity contribution in [1.82, 2.24) is 5.32 Å². The summed E-state index contributed by atoms with van der Waals surface area (Å²) in [5, 5.41) is 20.7. The Labute approximate surface area is 107 Å². The molecule has 0 spiro atoms. The Balaban J connectivity index is 2.19. The molecular weight excluding hydrogens is 234 g/mol. The molecule has 0 unspecified atom stereocenters. The van der Waals surface area contributed by atoms with Gasteiger partial charge in [0.05, 0.1) is 6.54 Å². The fraction of sp³-hybridized carbons (Fsp3) is 0.615. The molecular formula is C13H21NO4. The van der Waals surface area contributed by atoms with Gasteiger partial charge in [-0.3, -0.25) is 0 Å². The first-order chi connectivity index (χ1) is 8.65. The monoisotopic (exact) mass is 255 g/mol. The first kappa shape index (κ1) is 14.7. The van der Waals surface area contributed by atoms with Crippen molar-refractivity contribution in [2.75, 3.05) is 13.2 Å². The first-order valence-corrected chi connectivity index (χ1v) is 6.29. The van der Waals surface area contributed by atoms with Crippen LogP contribution in [0.1, 0.15) is 47.6 Å². The maximum atomic E-state index is 10.8. The molecule has 1 heterocycles. The van der Waals surface area contributed by atoms with Crippen LogP contribution in [0.3, 0.4) is 0 Å². The number of aliphatic hydroxyl groups excluding tert-OH is 1. The largest absolute Gasteiger partial charge is 0.478 e. The highest BCUT2D eigenvalue weighted by Gasteiger charge is 2.12. The second-order valence-corrected chi connectivity index (χ2v) is 4.30. The summed E-state index contributed by atoms with van der Waals surface area (Å²) in [5.41, 5.74) is 0.231. The van der Waals surface area contributed by atoms with Gasteiger partial charge in [-0.05, 0) is 32.4 Å². The van der Waals surface area contributed by atoms with Crippen molar-refractivity contribution in [2.45, 2.75) is 39.2 Å². The zero-order chi connectivity index (χ0) is 13.4. The van der Waals surface area contributed by atoms with Gasteiger partial charge in [0.1, 0.15) is 17.1 Å². The van der Waals surface area contributed by atoms with E-state index in [1.165, 1.54) is 0 Å². The standard InChI is InChI=1S/C13H21NO4/c1-10-12(13(16)17)8-11(18-10)9-14-6-4-2-3-5-7-15/h8,14-15H,2-7,9H2,1H3,(H,16,17). The number of nitrogens with one attached hydrogen (secondary N) is 1. The van der Waals surface area contributed by atoms with Crippen LogP contribution in [-0.2, 0) is 6.54 Å². The van der Waals surface area contributed by atoms with E-state index in [1.54, 1.807) is 13.0 Å². The van der Waals surface area contributed by atoms with Crippen molar-refractivity contribution >= 4 is 5.97 Å². The van der Waals surface area contributed by atoms with Crippen LogP contribution in [0, 0.1) is 6.92 Å². The van der Waals surface area contributed by atoms with Crippen LogP contribution >= 0.6 is 0 Å². The molecule has 5 nitrogen and oxygen atoms in total. The zero-order valence-electron chi connectivity index (χ0n) is 10.7. The lowest BCUT2D eigenvalue weighted by atomic mass is 10.2. The number of furan rings is 1. The molecule has 0 aliphatic carbocycles. The van der Waals surface area contributed by atoms with Crippen LogP contribution in [0.5, 0.6) is 0 Å². The van der Waals surface area contributed by atoms with Gasteiger partial charge in [0.15, 0.2) is 0 Å². The quantitative estimate of drug-likeness (QED) is 0.587. The maximum Gasteiger partial charge on any atom is 0.339 e. The lowest BCUT2D eigenvalue weighted by Crippen LogP contribution is -2.14. The van der Waals surface area contributed by atoms with Crippen LogP contribution in [-0.4, -0.2) is 29.3 Å². The summed E-state index contributed by atoms with van der Waals surface area (Å²) in [7, 11) is 0. The molecule has 0 radical (unpaired) electrons. The Morgan fingerprint density at radius 2 is 2.06 bits per heavy atom. The summed E-state index contributed by atoms with van der Waals surface area (Å²) in [5.74, 6) is 0.147. The van der Waals surface area contributed by atoms with E-state index in [0.29, 0.717) is 18.1 Å². The first-order valence-electron chi connectivity index (χ1n) is 6.29. The molecule has 102 valence electrons. The lowest BCUT2D eigenvalue weighted by molar-refractivity contribution is 0.0695. The van der Waals surface area contributed by atoms with Gasteiger partial charge >= 0.3 is 5.97 Å². The molecule has 5 heteroatoms. The topological polar surface area (TPSA) is 82.7 Å². The highest BCUT2D eigenvalue weighted by Crippen LogP contribution is 2.14. The summed E-state index contributed by atoms with van der Waals surface area (Å²) in [6, 6.07) is 1.57. The third-order valence-corrected chi connectivity index (χ3v) is 2.76. The Bertz CT molecular complexity index is 373. The average molecular weight is 255 g/mol. The Morgan fingerprint density at radius 1 is 1.33 bits per heavy atom. The number of hydrogen-bond acceptors (Lipinski definition) is 4. The molecule has 0 aliphatic heterocycles. The van der Waals surface area contributed by atoms with Gasteiger partial charge in [-0.15, -0.1) is 0 Å². The van der Waals surface area contributed by atoms with E-state index in [-0.39, 0.29) is 12.2 Å². The minimum absolute atomic E-state index is 0.231. The van der Waals surface area contributed by atoms with Gasteiger partial charge in [0.25, 0.3) is 0 Å². The molecule has 0 bridgehead atoms. The van der Waals surface area contributed by atoms with E-state index in [2.05, 4.69) is 5.32 Å². The summed E-state index contributed by atoms with van der Waals surface area (Å²) in [6.45, 7) is 3.33. The van der Waals surface area contributed by atoms with Crippen LogP contribution in [0.25, 0.3) is 0 Å². The summed E-state index contributed by atoms with van der Waals surface area (Å²) >= 11 is 0. The predicted octanol–water partition coefficient (Wildman–Crippen LogP) is 1.93. The van der Waals surface area contributed by atoms with Gasteiger partial charge in [0.2, 0.25) is 0 Å². The summed E-state index contributed by atoms with van der Waals surface area (Å²) < 4.78 is 5.34. The van der Waals surface area contributed by atoms with E-state index in [0.717, 1.165) is 32.2 Å². The summed E-state index contributed by atoms with van der Waals surface area (Å²) in [4.78, 5) is 10.8. The molecule has 0 fully saturated rings. The number of aryl methyl sites for hydroxylation is 1. The third kappa shape index (κ3) is 4.89. The number of rotatable bonds is 9. The van der Waals surface area contributed by atoms with Gasteiger partial charge in [-0.2, -0.15) is 0 Å². The van der Waals surface area contributed by atoms with Crippen LogP contribution < -0.4 is 5.32 Å². The highest BCUT2D eigenvalue weighted by atomic mass is 16.4. The molecule has 0 aromatic carbocycles. The smallest absolute Gasteiger partial charge is 0.339 e. The maximum absolute atomic E-state index is 10.8. The average Bonchev–Trinajstić information content (AvgIpc) is 2.69. The van der Waals surface area contributed by atoms with E-state index in [1.807, 2.05) is 0 Å². The second kappa shape index (κ2) is 7.89. The molecule has 0 amide bonds. The van der Waals surface area contributed by atoms with Gasteiger partial charge in [-0.1, -0.05) is 12.8 Å². The molecule has 3 N–H and O–H groups in total. The minimum Gasteiger partial charge on any atom is -0.478 e. The van der Waals surface area contributed by atoms with E-state index < -0.39 is 5.97 Å². The molecule has 0 saturated heterocycles. The number of unbranched alkanes of at least 4 members (excludes halogenated alkanes) is 3. The zero-order valence-corrected chi connectivity index (χ0v) is 10.7. The molecule has 0 aliphatic rings. The second-order valence-electron chi connectivity index (χ2n) is 4.30. The molecule has 1 aromatic heterocycles. The number of carboxylic acid groups (broad SMARTS) is 1. The Hall–Kier alpha value is -1.33. The van der Waals surface area contributed by atoms with E-state index in [4.69, 9.17) is 14.6 Å². The molecule has 18 heavy (non-hydrogen) atoms. The van der Waals surface area contributed by atoms with Crippen LogP contribution in [0.2, 0.25) is 0 Å². The normalized spacial score (nSPS) is 10.8. The lowest BCUT2D eigenvalue weighted by Gasteiger charge is -2.02.